The van der Waals surface area contributed by atoms with E-state index >= 15 is 0 Å². The van der Waals surface area contributed by atoms with Crippen molar-refractivity contribution >= 4 is 27.3 Å². The lowest BCUT2D eigenvalue weighted by atomic mass is 9.96. The minimum atomic E-state index is -0.732. The van der Waals surface area contributed by atoms with E-state index in [0.29, 0.717) is 19.4 Å². The molecule has 1 aromatic rings. The predicted octanol–water partition coefficient (Wildman–Crippen LogP) is 2.15. The number of thiophene rings is 1. The van der Waals surface area contributed by atoms with Crippen molar-refractivity contribution in [1.82, 2.24) is 0 Å². The van der Waals surface area contributed by atoms with Crippen LogP contribution in [0.5, 0.6) is 0 Å². The minimum absolute atomic E-state index is 0.318. The van der Waals surface area contributed by atoms with E-state index in [4.69, 9.17) is 5.73 Å². The summed E-state index contributed by atoms with van der Waals surface area (Å²) in [4.78, 5) is 1.17. The summed E-state index contributed by atoms with van der Waals surface area (Å²) in [5.74, 6) is 0. The molecule has 2 nitrogen and oxygen atoms in total. The molecule has 0 fully saturated rings. The van der Waals surface area contributed by atoms with Gasteiger partial charge >= 0.3 is 0 Å². The van der Waals surface area contributed by atoms with E-state index in [1.165, 1.54) is 4.88 Å². The zero-order chi connectivity index (χ0) is 9.90. The van der Waals surface area contributed by atoms with E-state index in [9.17, 15) is 5.11 Å². The van der Waals surface area contributed by atoms with Gasteiger partial charge in [-0.3, -0.25) is 0 Å². The van der Waals surface area contributed by atoms with Crippen LogP contribution < -0.4 is 5.73 Å². The number of nitrogens with two attached hydrogens (primary N) is 1. The molecule has 0 aliphatic carbocycles. The van der Waals surface area contributed by atoms with Crippen LogP contribution in [0.3, 0.4) is 0 Å². The predicted molar refractivity (Wildman–Crippen MR) is 60.0 cm³/mol. The fraction of sp³-hybridized carbons (Fsp3) is 0.556. The van der Waals surface area contributed by atoms with Gasteiger partial charge in [0.2, 0.25) is 0 Å². The lowest BCUT2D eigenvalue weighted by Gasteiger charge is -2.23. The molecule has 13 heavy (non-hydrogen) atoms. The van der Waals surface area contributed by atoms with Gasteiger partial charge in [-0.05, 0) is 28.4 Å². The maximum absolute atomic E-state index is 9.96. The van der Waals surface area contributed by atoms with Crippen molar-refractivity contribution in [3.8, 4) is 0 Å². The Balaban J connectivity index is 2.67. The van der Waals surface area contributed by atoms with Crippen LogP contribution in [-0.2, 0) is 6.42 Å². The van der Waals surface area contributed by atoms with E-state index in [1.807, 2.05) is 18.4 Å². The molecule has 74 valence electrons. The van der Waals surface area contributed by atoms with E-state index in [1.54, 1.807) is 11.3 Å². The van der Waals surface area contributed by atoms with Gasteiger partial charge in [0.05, 0.1) is 5.60 Å². The maximum atomic E-state index is 9.96. The zero-order valence-corrected chi connectivity index (χ0v) is 9.99. The Morgan fingerprint density at radius 3 is 2.77 bits per heavy atom. The third kappa shape index (κ3) is 3.06. The van der Waals surface area contributed by atoms with Crippen molar-refractivity contribution in [3.05, 3.63) is 20.8 Å². The fourth-order valence-corrected chi connectivity index (χ4v) is 2.70. The number of hydrogen-bond donors (Lipinski definition) is 2. The molecule has 1 unspecified atom stereocenters. The molecule has 1 heterocycles. The molecule has 0 aliphatic heterocycles. The second-order valence-corrected chi connectivity index (χ2v) is 5.10. The Morgan fingerprint density at radius 2 is 2.38 bits per heavy atom. The highest BCUT2D eigenvalue weighted by atomic mass is 79.9. The molecule has 0 aromatic carbocycles. The summed E-state index contributed by atoms with van der Waals surface area (Å²) in [7, 11) is 0. The second kappa shape index (κ2) is 4.55. The zero-order valence-electron chi connectivity index (χ0n) is 7.59. The van der Waals surface area contributed by atoms with E-state index in [-0.39, 0.29) is 0 Å². The Morgan fingerprint density at radius 1 is 1.69 bits per heavy atom. The number of rotatable bonds is 4. The summed E-state index contributed by atoms with van der Waals surface area (Å²) in [5, 5.41) is 12.0. The molecule has 0 bridgehead atoms. The maximum Gasteiger partial charge on any atom is 0.0814 e. The molecule has 4 heteroatoms. The summed E-state index contributed by atoms with van der Waals surface area (Å²) < 4.78 is 1.07. The molecule has 0 spiro atoms. The molecule has 0 saturated carbocycles. The van der Waals surface area contributed by atoms with Gasteiger partial charge < -0.3 is 10.8 Å². The van der Waals surface area contributed by atoms with Crippen LogP contribution >= 0.6 is 27.3 Å². The van der Waals surface area contributed by atoms with Crippen molar-refractivity contribution in [1.29, 1.82) is 0 Å². The molecular formula is C9H14BrNOS. The Bertz CT molecular complexity index is 270. The molecule has 1 rings (SSSR count). The van der Waals surface area contributed by atoms with E-state index < -0.39 is 5.60 Å². The van der Waals surface area contributed by atoms with Crippen LogP contribution in [0.2, 0.25) is 0 Å². The first-order valence-corrected chi connectivity index (χ1v) is 5.92. The van der Waals surface area contributed by atoms with Gasteiger partial charge in [-0.1, -0.05) is 6.92 Å². The molecule has 0 radical (unpaired) electrons. The molecule has 0 saturated heterocycles. The van der Waals surface area contributed by atoms with Crippen molar-refractivity contribution in [2.24, 2.45) is 5.73 Å². The third-order valence-electron chi connectivity index (χ3n) is 2.16. The molecule has 1 aromatic heterocycles. The van der Waals surface area contributed by atoms with Crippen LogP contribution in [-0.4, -0.2) is 17.3 Å². The smallest absolute Gasteiger partial charge is 0.0814 e. The van der Waals surface area contributed by atoms with Crippen molar-refractivity contribution < 1.29 is 5.11 Å². The summed E-state index contributed by atoms with van der Waals surface area (Å²) in [6.45, 7) is 2.27. The minimum Gasteiger partial charge on any atom is -0.388 e. The molecule has 1 atom stereocenters. The second-order valence-electron chi connectivity index (χ2n) is 3.19. The van der Waals surface area contributed by atoms with Crippen LogP contribution in [0, 0.1) is 0 Å². The molecule has 3 N–H and O–H groups in total. The van der Waals surface area contributed by atoms with Gasteiger partial charge in [0.15, 0.2) is 0 Å². The molecule has 0 aliphatic rings. The van der Waals surface area contributed by atoms with Gasteiger partial charge in [0.1, 0.15) is 0 Å². The summed E-state index contributed by atoms with van der Waals surface area (Å²) >= 11 is 5.03. The van der Waals surface area contributed by atoms with Gasteiger partial charge in [-0.2, -0.15) is 0 Å². The van der Waals surface area contributed by atoms with Crippen LogP contribution in [0.25, 0.3) is 0 Å². The van der Waals surface area contributed by atoms with Gasteiger partial charge in [0, 0.05) is 27.7 Å². The van der Waals surface area contributed by atoms with Gasteiger partial charge in [0.25, 0.3) is 0 Å². The third-order valence-corrected chi connectivity index (χ3v) is 3.86. The first-order chi connectivity index (χ1) is 6.09. The first-order valence-electron chi connectivity index (χ1n) is 4.25. The quantitative estimate of drug-likeness (QED) is 0.875. The summed E-state index contributed by atoms with van der Waals surface area (Å²) in [6.07, 6.45) is 1.34. The fourth-order valence-electron chi connectivity index (χ4n) is 1.11. The van der Waals surface area contributed by atoms with E-state index in [2.05, 4.69) is 15.9 Å². The Labute approximate surface area is 90.9 Å². The highest BCUT2D eigenvalue weighted by molar-refractivity contribution is 9.10. The van der Waals surface area contributed by atoms with Gasteiger partial charge in [-0.15, -0.1) is 11.3 Å². The number of aliphatic hydroxyl groups is 1. The first kappa shape index (κ1) is 11.2. The Kier molecular flexibility index (Phi) is 3.91. The van der Waals surface area contributed by atoms with Crippen LogP contribution in [0.4, 0.5) is 0 Å². The number of halogens is 1. The largest absolute Gasteiger partial charge is 0.388 e. The SMILES string of the molecule is CCC(O)(CN)Cc1cc(Br)cs1. The average Bonchev–Trinajstić information content (AvgIpc) is 2.51. The van der Waals surface area contributed by atoms with E-state index in [0.717, 1.165) is 4.47 Å². The van der Waals surface area contributed by atoms with Crippen molar-refractivity contribution in [2.45, 2.75) is 25.4 Å². The number of hydrogen-bond acceptors (Lipinski definition) is 3. The lowest BCUT2D eigenvalue weighted by Crippen LogP contribution is -2.38. The monoisotopic (exact) mass is 263 g/mol. The average molecular weight is 264 g/mol. The van der Waals surface area contributed by atoms with Crippen molar-refractivity contribution in [2.75, 3.05) is 6.54 Å². The molecular weight excluding hydrogens is 250 g/mol. The van der Waals surface area contributed by atoms with Crippen LogP contribution in [0.1, 0.15) is 18.2 Å². The van der Waals surface area contributed by atoms with Crippen LogP contribution in [0.15, 0.2) is 15.9 Å². The standard InChI is InChI=1S/C9H14BrNOS/c1-2-9(12,6-11)4-8-3-7(10)5-13-8/h3,5,12H,2,4,6,11H2,1H3. The topological polar surface area (TPSA) is 46.2 Å². The Hall–Kier alpha value is 0.1000. The van der Waals surface area contributed by atoms with Gasteiger partial charge in [-0.25, -0.2) is 0 Å². The van der Waals surface area contributed by atoms with Crippen molar-refractivity contribution in [3.63, 3.8) is 0 Å². The lowest BCUT2D eigenvalue weighted by molar-refractivity contribution is 0.0464. The summed E-state index contributed by atoms with van der Waals surface area (Å²) in [5.41, 5.74) is 4.78. The molecule has 0 amide bonds. The highest BCUT2D eigenvalue weighted by Gasteiger charge is 2.23. The normalized spacial score (nSPS) is 15.7. The summed E-state index contributed by atoms with van der Waals surface area (Å²) in [6, 6.07) is 2.03. The highest BCUT2D eigenvalue weighted by Crippen LogP contribution is 2.24.